The Kier molecular flexibility index (Phi) is 4.57. The number of fused-ring (bicyclic) bond motifs is 1. The summed E-state index contributed by atoms with van der Waals surface area (Å²) in [5, 5.41) is 10.1. The minimum absolute atomic E-state index is 0.139. The van der Waals surface area contributed by atoms with E-state index in [1.807, 2.05) is 0 Å². The number of benzene rings is 1. The molecular weight excluding hydrogens is 351 g/mol. The topological polar surface area (TPSA) is 93.3 Å². The third kappa shape index (κ3) is 3.81. The van der Waals surface area contributed by atoms with Crippen LogP contribution in [0.2, 0.25) is 0 Å². The molecule has 0 unspecified atom stereocenters. The van der Waals surface area contributed by atoms with Gasteiger partial charge in [-0.25, -0.2) is 18.3 Å². The highest BCUT2D eigenvalue weighted by atomic mass is 19.1. The van der Waals surface area contributed by atoms with E-state index in [-0.39, 0.29) is 30.1 Å². The molecule has 0 atom stereocenters. The summed E-state index contributed by atoms with van der Waals surface area (Å²) in [5.74, 6) is 0.0876. The second-order valence-corrected chi connectivity index (χ2v) is 6.60. The Morgan fingerprint density at radius 1 is 1.19 bits per heavy atom. The molecular formula is C18H19FN6O2. The highest BCUT2D eigenvalue weighted by molar-refractivity contribution is 5.76. The van der Waals surface area contributed by atoms with Gasteiger partial charge in [-0.1, -0.05) is 12.8 Å². The molecule has 1 aliphatic rings. The Bertz CT molecular complexity index is 1020. The molecule has 9 heteroatoms. The van der Waals surface area contributed by atoms with Crippen molar-refractivity contribution < 1.29 is 9.18 Å². The highest BCUT2D eigenvalue weighted by Crippen LogP contribution is 2.17. The van der Waals surface area contributed by atoms with Crippen molar-refractivity contribution in [3.8, 4) is 0 Å². The number of nitrogens with one attached hydrogen (secondary N) is 2. The predicted molar refractivity (Wildman–Crippen MR) is 97.3 cm³/mol. The van der Waals surface area contributed by atoms with Gasteiger partial charge in [0.05, 0.1) is 0 Å². The molecule has 3 aromatic rings. The number of carbonyl (C=O) groups is 1. The van der Waals surface area contributed by atoms with Gasteiger partial charge in [0, 0.05) is 17.9 Å². The van der Waals surface area contributed by atoms with Crippen LogP contribution in [0.15, 0.2) is 41.3 Å². The number of hydrogen-bond donors (Lipinski definition) is 2. The molecule has 0 spiro atoms. The summed E-state index contributed by atoms with van der Waals surface area (Å²) in [5.41, 5.74) is 0.235. The van der Waals surface area contributed by atoms with Gasteiger partial charge in [0.2, 0.25) is 5.91 Å². The van der Waals surface area contributed by atoms with Crippen LogP contribution >= 0.6 is 0 Å². The molecule has 2 N–H and O–H groups in total. The molecule has 140 valence electrons. The van der Waals surface area contributed by atoms with Crippen molar-refractivity contribution in [2.75, 3.05) is 5.32 Å². The summed E-state index contributed by atoms with van der Waals surface area (Å²) in [6.07, 6.45) is 5.73. The summed E-state index contributed by atoms with van der Waals surface area (Å²) in [6, 6.07) is 7.64. The monoisotopic (exact) mass is 370 g/mol. The van der Waals surface area contributed by atoms with Crippen LogP contribution in [0.4, 0.5) is 15.9 Å². The van der Waals surface area contributed by atoms with Gasteiger partial charge < -0.3 is 10.6 Å². The van der Waals surface area contributed by atoms with Crippen LogP contribution in [0.1, 0.15) is 25.7 Å². The first-order valence-electron chi connectivity index (χ1n) is 8.87. The lowest BCUT2D eigenvalue weighted by Crippen LogP contribution is -2.37. The average molecular weight is 370 g/mol. The summed E-state index contributed by atoms with van der Waals surface area (Å²) in [4.78, 5) is 28.8. The molecule has 1 aliphatic carbocycles. The van der Waals surface area contributed by atoms with Gasteiger partial charge in [-0.2, -0.15) is 4.98 Å². The van der Waals surface area contributed by atoms with Crippen molar-refractivity contribution in [2.24, 2.45) is 0 Å². The summed E-state index contributed by atoms with van der Waals surface area (Å²) >= 11 is 0. The maximum absolute atomic E-state index is 13.0. The van der Waals surface area contributed by atoms with Crippen LogP contribution in [0.5, 0.6) is 0 Å². The fourth-order valence-corrected chi connectivity index (χ4v) is 3.24. The number of aromatic nitrogens is 4. The Labute approximate surface area is 154 Å². The van der Waals surface area contributed by atoms with Crippen LogP contribution < -0.4 is 16.3 Å². The molecule has 1 fully saturated rings. The summed E-state index contributed by atoms with van der Waals surface area (Å²) in [7, 11) is 0. The molecule has 8 nitrogen and oxygen atoms in total. The number of anilines is 2. The first-order chi connectivity index (χ1) is 13.1. The first-order valence-corrected chi connectivity index (χ1v) is 8.87. The molecule has 0 radical (unpaired) electrons. The number of rotatable bonds is 5. The van der Waals surface area contributed by atoms with E-state index in [2.05, 4.69) is 20.7 Å². The van der Waals surface area contributed by atoms with Gasteiger partial charge in [-0.3, -0.25) is 4.79 Å². The van der Waals surface area contributed by atoms with E-state index in [0.29, 0.717) is 11.5 Å². The van der Waals surface area contributed by atoms with Crippen LogP contribution in [0, 0.1) is 5.82 Å². The largest absolute Gasteiger partial charge is 0.352 e. The molecule has 1 saturated carbocycles. The molecule has 2 aromatic heterocycles. The quantitative estimate of drug-likeness (QED) is 0.715. The van der Waals surface area contributed by atoms with Gasteiger partial charge in [0.1, 0.15) is 18.2 Å². The minimum atomic E-state index is -0.424. The average Bonchev–Trinajstić information content (AvgIpc) is 3.25. The molecule has 4 rings (SSSR count). The zero-order chi connectivity index (χ0) is 18.8. The number of carbonyl (C=O) groups excluding carboxylic acids is 1. The van der Waals surface area contributed by atoms with Gasteiger partial charge in [-0.05, 0) is 43.2 Å². The van der Waals surface area contributed by atoms with E-state index in [1.54, 1.807) is 18.2 Å². The van der Waals surface area contributed by atoms with Gasteiger partial charge >= 0.3 is 5.69 Å². The van der Waals surface area contributed by atoms with Crippen molar-refractivity contribution in [3.63, 3.8) is 0 Å². The molecule has 2 heterocycles. The van der Waals surface area contributed by atoms with Gasteiger partial charge in [0.15, 0.2) is 0 Å². The van der Waals surface area contributed by atoms with E-state index in [4.69, 9.17) is 0 Å². The van der Waals surface area contributed by atoms with Gasteiger partial charge in [0.25, 0.3) is 5.78 Å². The Hall–Kier alpha value is -3.23. The van der Waals surface area contributed by atoms with Crippen LogP contribution in [0.3, 0.4) is 0 Å². The van der Waals surface area contributed by atoms with Crippen molar-refractivity contribution >= 4 is 23.2 Å². The molecule has 0 aliphatic heterocycles. The minimum Gasteiger partial charge on any atom is -0.352 e. The Morgan fingerprint density at radius 3 is 2.67 bits per heavy atom. The number of amides is 1. The van der Waals surface area contributed by atoms with Crippen LogP contribution in [-0.2, 0) is 11.3 Å². The lowest BCUT2D eigenvalue weighted by molar-refractivity contribution is -0.122. The second kappa shape index (κ2) is 7.18. The van der Waals surface area contributed by atoms with Crippen molar-refractivity contribution in [1.82, 2.24) is 24.5 Å². The van der Waals surface area contributed by atoms with E-state index >= 15 is 0 Å². The second-order valence-electron chi connectivity index (χ2n) is 6.60. The third-order valence-corrected chi connectivity index (χ3v) is 4.58. The molecule has 0 saturated heterocycles. The maximum atomic E-state index is 13.0. The first kappa shape index (κ1) is 17.2. The molecule has 0 bridgehead atoms. The van der Waals surface area contributed by atoms with Crippen molar-refractivity contribution in [2.45, 2.75) is 38.3 Å². The lowest BCUT2D eigenvalue weighted by atomic mass is 10.2. The Balaban J connectivity index is 1.51. The van der Waals surface area contributed by atoms with Crippen LogP contribution in [0.25, 0.3) is 5.78 Å². The van der Waals surface area contributed by atoms with E-state index in [0.717, 1.165) is 30.4 Å². The number of hydrogen-bond acceptors (Lipinski definition) is 5. The molecule has 1 amide bonds. The zero-order valence-electron chi connectivity index (χ0n) is 14.6. The van der Waals surface area contributed by atoms with Crippen molar-refractivity contribution in [1.29, 1.82) is 0 Å². The smallest absolute Gasteiger partial charge is 0.352 e. The maximum Gasteiger partial charge on any atom is 0.352 e. The summed E-state index contributed by atoms with van der Waals surface area (Å²) in [6.45, 7) is -0.139. The zero-order valence-corrected chi connectivity index (χ0v) is 14.6. The lowest BCUT2D eigenvalue weighted by Gasteiger charge is -2.10. The normalized spacial score (nSPS) is 14.6. The van der Waals surface area contributed by atoms with E-state index in [1.165, 1.54) is 22.7 Å². The number of nitrogens with zero attached hydrogens (tertiary/aromatic N) is 4. The van der Waals surface area contributed by atoms with Crippen molar-refractivity contribution in [3.05, 3.63) is 52.8 Å². The summed E-state index contributed by atoms with van der Waals surface area (Å²) < 4.78 is 15.4. The fourth-order valence-electron chi connectivity index (χ4n) is 3.24. The van der Waals surface area contributed by atoms with E-state index in [9.17, 15) is 14.0 Å². The highest BCUT2D eigenvalue weighted by Gasteiger charge is 2.18. The third-order valence-electron chi connectivity index (χ3n) is 4.58. The predicted octanol–water partition coefficient (Wildman–Crippen LogP) is 1.83. The fraction of sp³-hybridized carbons (Fsp3) is 0.333. The molecule has 1 aromatic carbocycles. The molecule has 27 heavy (non-hydrogen) atoms. The van der Waals surface area contributed by atoms with Crippen LogP contribution in [-0.4, -0.2) is 31.1 Å². The SMILES string of the molecule is O=C(Cn1nc2nc(Nc3ccc(F)cc3)ccn2c1=O)NC1CCCC1. The standard InChI is InChI=1S/C18H19FN6O2/c19-12-5-7-14(8-6-12)20-15-9-10-24-17(22-15)23-25(18(24)27)11-16(26)21-13-3-1-2-4-13/h5-10,13H,1-4,11H2,(H,21,26)(H,20,22,23). The number of halogens is 1. The van der Waals surface area contributed by atoms with Gasteiger partial charge in [-0.15, -0.1) is 5.10 Å². The van der Waals surface area contributed by atoms with E-state index < -0.39 is 5.69 Å². The Morgan fingerprint density at radius 2 is 1.93 bits per heavy atom.